The zero-order valence-electron chi connectivity index (χ0n) is 15.1. The third kappa shape index (κ3) is 4.80. The lowest BCUT2D eigenvalue weighted by atomic mass is 10.1. The van der Waals surface area contributed by atoms with Crippen molar-refractivity contribution in [3.8, 4) is 0 Å². The summed E-state index contributed by atoms with van der Waals surface area (Å²) in [4.78, 5) is 27.3. The summed E-state index contributed by atoms with van der Waals surface area (Å²) < 4.78 is 5.40. The molecule has 0 saturated heterocycles. The second-order valence-electron chi connectivity index (χ2n) is 6.11. The summed E-state index contributed by atoms with van der Waals surface area (Å²) in [6, 6.07) is 18.6. The van der Waals surface area contributed by atoms with Crippen molar-refractivity contribution in [3.05, 3.63) is 83.8 Å². The second kappa shape index (κ2) is 8.60. The lowest BCUT2D eigenvalue weighted by Crippen LogP contribution is -2.22. The minimum Gasteiger partial charge on any atom is -0.459 e. The van der Waals surface area contributed by atoms with Gasteiger partial charge in [-0.15, -0.1) is 11.8 Å². The summed E-state index contributed by atoms with van der Waals surface area (Å²) in [5.74, 6) is 0.451. The highest BCUT2D eigenvalue weighted by molar-refractivity contribution is 7.98. The monoisotopic (exact) mass is 380 g/mol. The number of carbonyl (C=O) groups is 2. The van der Waals surface area contributed by atoms with E-state index in [-0.39, 0.29) is 17.6 Å². The fraction of sp³-hybridized carbons (Fsp3) is 0.143. The fourth-order valence-corrected chi connectivity index (χ4v) is 3.40. The summed E-state index contributed by atoms with van der Waals surface area (Å²) >= 11 is 1.64. The van der Waals surface area contributed by atoms with Crippen LogP contribution in [0.4, 0.5) is 5.69 Å². The number of furan rings is 1. The van der Waals surface area contributed by atoms with Crippen LogP contribution >= 0.6 is 11.8 Å². The average Bonchev–Trinajstić information content (AvgIpc) is 3.15. The zero-order valence-corrected chi connectivity index (χ0v) is 16.0. The van der Waals surface area contributed by atoms with Gasteiger partial charge in [-0.25, -0.2) is 0 Å². The van der Waals surface area contributed by atoms with Crippen LogP contribution in [0.3, 0.4) is 0 Å². The molecule has 6 heteroatoms. The van der Waals surface area contributed by atoms with E-state index in [1.165, 1.54) is 11.2 Å². The number of nitrogens with one attached hydrogen (secondary N) is 1. The fourth-order valence-electron chi connectivity index (χ4n) is 2.50. The number of nitrogens with zero attached hydrogens (tertiary/aromatic N) is 1. The molecule has 0 unspecified atom stereocenters. The Kier molecular flexibility index (Phi) is 5.98. The highest BCUT2D eigenvalue weighted by atomic mass is 32.2. The van der Waals surface area contributed by atoms with Crippen molar-refractivity contribution < 1.29 is 14.0 Å². The van der Waals surface area contributed by atoms with Crippen LogP contribution in [0, 0.1) is 0 Å². The summed E-state index contributed by atoms with van der Waals surface area (Å²) in [7, 11) is 3.38. The van der Waals surface area contributed by atoms with Gasteiger partial charge in [0, 0.05) is 41.6 Å². The average molecular weight is 380 g/mol. The van der Waals surface area contributed by atoms with E-state index in [1.807, 2.05) is 30.3 Å². The summed E-state index contributed by atoms with van der Waals surface area (Å²) in [6.07, 6.45) is 1.52. The molecule has 3 rings (SSSR count). The van der Waals surface area contributed by atoms with Crippen molar-refractivity contribution in [1.29, 1.82) is 0 Å². The number of carbonyl (C=O) groups excluding carboxylic acids is 2. The Hall–Kier alpha value is -2.99. The predicted octanol–water partition coefficient (Wildman–Crippen LogP) is 4.53. The van der Waals surface area contributed by atoms with Crippen LogP contribution in [0.2, 0.25) is 0 Å². The minimum atomic E-state index is -0.335. The van der Waals surface area contributed by atoms with Gasteiger partial charge < -0.3 is 14.6 Å². The topological polar surface area (TPSA) is 62.6 Å². The molecule has 0 fully saturated rings. The van der Waals surface area contributed by atoms with E-state index in [1.54, 1.807) is 56.2 Å². The highest BCUT2D eigenvalue weighted by Crippen LogP contribution is 2.25. The van der Waals surface area contributed by atoms with Gasteiger partial charge in [0.2, 0.25) is 0 Å². The zero-order chi connectivity index (χ0) is 19.2. The Morgan fingerprint density at radius 2 is 1.81 bits per heavy atom. The Morgan fingerprint density at radius 3 is 2.56 bits per heavy atom. The number of hydrogen-bond donors (Lipinski definition) is 1. The van der Waals surface area contributed by atoms with Crippen LogP contribution in [0.1, 0.15) is 26.5 Å². The number of benzene rings is 2. The van der Waals surface area contributed by atoms with E-state index in [4.69, 9.17) is 4.42 Å². The third-order valence-corrected chi connectivity index (χ3v) is 4.92. The molecule has 0 spiro atoms. The molecule has 0 aliphatic heterocycles. The molecule has 27 heavy (non-hydrogen) atoms. The van der Waals surface area contributed by atoms with Gasteiger partial charge in [0.05, 0.1) is 6.26 Å². The largest absolute Gasteiger partial charge is 0.459 e. The Balaban J connectivity index is 1.70. The number of hydrogen-bond acceptors (Lipinski definition) is 4. The van der Waals surface area contributed by atoms with Gasteiger partial charge in [-0.2, -0.15) is 0 Å². The molecule has 1 aromatic heterocycles. The van der Waals surface area contributed by atoms with Crippen LogP contribution in [0.15, 0.2) is 76.2 Å². The molecule has 0 aliphatic rings. The van der Waals surface area contributed by atoms with Gasteiger partial charge in [-0.1, -0.05) is 24.3 Å². The van der Waals surface area contributed by atoms with Crippen LogP contribution in [0.25, 0.3) is 0 Å². The Morgan fingerprint density at radius 1 is 1.04 bits per heavy atom. The van der Waals surface area contributed by atoms with Gasteiger partial charge >= 0.3 is 0 Å². The first kappa shape index (κ1) is 18.8. The van der Waals surface area contributed by atoms with E-state index in [2.05, 4.69) is 5.32 Å². The van der Waals surface area contributed by atoms with E-state index >= 15 is 0 Å². The van der Waals surface area contributed by atoms with Crippen LogP contribution in [0.5, 0.6) is 0 Å². The normalized spacial score (nSPS) is 10.4. The Labute approximate surface area is 162 Å². The lowest BCUT2D eigenvalue weighted by Gasteiger charge is -2.11. The van der Waals surface area contributed by atoms with Crippen molar-refractivity contribution in [3.63, 3.8) is 0 Å². The first-order valence-corrected chi connectivity index (χ1v) is 9.40. The van der Waals surface area contributed by atoms with E-state index in [0.29, 0.717) is 17.0 Å². The van der Waals surface area contributed by atoms with Crippen molar-refractivity contribution in [2.24, 2.45) is 0 Å². The first-order chi connectivity index (χ1) is 13.0. The maximum absolute atomic E-state index is 12.6. The number of rotatable bonds is 6. The van der Waals surface area contributed by atoms with Crippen molar-refractivity contribution >= 4 is 29.3 Å². The molecule has 0 saturated carbocycles. The SMILES string of the molecule is CN(C)C(=O)c1cccc(NC(=O)c2occc2CSc2ccccc2)c1. The third-order valence-electron chi connectivity index (χ3n) is 3.86. The van der Waals surface area contributed by atoms with Crippen LogP contribution < -0.4 is 5.32 Å². The van der Waals surface area contributed by atoms with Crippen molar-refractivity contribution in [1.82, 2.24) is 4.90 Å². The molecule has 0 aliphatic carbocycles. The second-order valence-corrected chi connectivity index (χ2v) is 7.16. The molecule has 1 N–H and O–H groups in total. The minimum absolute atomic E-state index is 0.121. The maximum atomic E-state index is 12.6. The van der Waals surface area contributed by atoms with Crippen molar-refractivity contribution in [2.45, 2.75) is 10.6 Å². The smallest absolute Gasteiger partial charge is 0.291 e. The maximum Gasteiger partial charge on any atom is 0.291 e. The van der Waals surface area contributed by atoms with E-state index < -0.39 is 0 Å². The summed E-state index contributed by atoms with van der Waals surface area (Å²) in [5, 5.41) is 2.80. The van der Waals surface area contributed by atoms with Crippen molar-refractivity contribution in [2.75, 3.05) is 19.4 Å². The van der Waals surface area contributed by atoms with Gasteiger partial charge in [0.1, 0.15) is 0 Å². The van der Waals surface area contributed by atoms with Crippen LogP contribution in [-0.4, -0.2) is 30.8 Å². The van der Waals surface area contributed by atoms with E-state index in [9.17, 15) is 9.59 Å². The van der Waals surface area contributed by atoms with Gasteiger partial charge in [-0.3, -0.25) is 9.59 Å². The highest BCUT2D eigenvalue weighted by Gasteiger charge is 2.17. The standard InChI is InChI=1S/C21H20N2O3S/c1-23(2)21(25)15-7-6-8-17(13-15)22-20(24)19-16(11-12-26-19)14-27-18-9-4-3-5-10-18/h3-13H,14H2,1-2H3,(H,22,24). The first-order valence-electron chi connectivity index (χ1n) is 8.42. The number of thioether (sulfide) groups is 1. The van der Waals surface area contributed by atoms with Gasteiger partial charge in [0.15, 0.2) is 5.76 Å². The molecular formula is C21H20N2O3S. The molecule has 2 aromatic carbocycles. The van der Waals surface area contributed by atoms with E-state index in [0.717, 1.165) is 10.5 Å². The molecule has 0 bridgehead atoms. The molecular weight excluding hydrogens is 360 g/mol. The molecule has 2 amide bonds. The molecule has 138 valence electrons. The van der Waals surface area contributed by atoms with Gasteiger partial charge in [-0.05, 0) is 36.4 Å². The molecule has 5 nitrogen and oxygen atoms in total. The number of amides is 2. The molecule has 0 atom stereocenters. The Bertz CT molecular complexity index is 935. The number of anilines is 1. The summed E-state index contributed by atoms with van der Waals surface area (Å²) in [5.41, 5.74) is 1.88. The summed E-state index contributed by atoms with van der Waals surface area (Å²) in [6.45, 7) is 0. The van der Waals surface area contributed by atoms with Crippen LogP contribution in [-0.2, 0) is 5.75 Å². The quantitative estimate of drug-likeness (QED) is 0.639. The predicted molar refractivity (Wildman–Crippen MR) is 107 cm³/mol. The molecule has 3 aromatic rings. The molecule has 1 heterocycles. The lowest BCUT2D eigenvalue weighted by molar-refractivity contribution is 0.0827. The molecule has 0 radical (unpaired) electrons. The van der Waals surface area contributed by atoms with Gasteiger partial charge in [0.25, 0.3) is 11.8 Å².